The highest BCUT2D eigenvalue weighted by Gasteiger charge is 2.47. The van der Waals surface area contributed by atoms with Crippen LogP contribution in [0, 0.1) is 25.6 Å². The fourth-order valence-electron chi connectivity index (χ4n) is 5.68. The number of aryl methyl sites for hydroxylation is 2. The molecule has 4 amide bonds. The highest BCUT2D eigenvalue weighted by molar-refractivity contribution is 6.14. The normalized spacial score (nSPS) is 17.5. The lowest BCUT2D eigenvalue weighted by atomic mass is 10.0. The molecule has 2 fully saturated rings. The molecular formula is C32H36FN5O4. The Labute approximate surface area is 245 Å². The molecule has 0 aliphatic carbocycles. The molecule has 3 aromatic rings. The fourth-order valence-corrected chi connectivity index (χ4v) is 5.68. The summed E-state index contributed by atoms with van der Waals surface area (Å²) >= 11 is 0. The van der Waals surface area contributed by atoms with Crippen LogP contribution >= 0.6 is 0 Å². The Bertz CT molecular complexity index is 1500. The van der Waals surface area contributed by atoms with Gasteiger partial charge in [-0.3, -0.25) is 19.4 Å². The minimum absolute atomic E-state index is 0.0639. The molecule has 0 N–H and O–H groups in total. The van der Waals surface area contributed by atoms with Crippen LogP contribution in [0.3, 0.4) is 0 Å². The van der Waals surface area contributed by atoms with Crippen molar-refractivity contribution in [3.8, 4) is 5.75 Å². The Morgan fingerprint density at radius 1 is 1.02 bits per heavy atom. The maximum atomic E-state index is 15.5. The van der Waals surface area contributed by atoms with Crippen molar-refractivity contribution in [3.05, 3.63) is 82.8 Å². The lowest BCUT2D eigenvalue weighted by molar-refractivity contribution is -0.128. The number of nitrogens with zero attached hydrogens (tertiary/aromatic N) is 5. The van der Waals surface area contributed by atoms with E-state index < -0.39 is 23.8 Å². The number of piperazine rings is 1. The van der Waals surface area contributed by atoms with Crippen molar-refractivity contribution in [2.45, 2.75) is 40.3 Å². The quantitative estimate of drug-likeness (QED) is 0.378. The Morgan fingerprint density at radius 2 is 1.71 bits per heavy atom. The summed E-state index contributed by atoms with van der Waals surface area (Å²) in [6.45, 7) is 9.85. The van der Waals surface area contributed by atoms with Gasteiger partial charge in [0, 0.05) is 38.1 Å². The third-order valence-electron chi connectivity index (χ3n) is 7.88. The van der Waals surface area contributed by atoms with E-state index in [1.54, 1.807) is 42.3 Å². The number of halogens is 1. The topological polar surface area (TPSA) is 86.3 Å². The maximum Gasteiger partial charge on any atom is 0.332 e. The van der Waals surface area contributed by atoms with Crippen molar-refractivity contribution in [2.24, 2.45) is 5.92 Å². The molecule has 10 heteroatoms. The number of urea groups is 1. The van der Waals surface area contributed by atoms with E-state index >= 15 is 4.39 Å². The number of amides is 4. The first-order valence-corrected chi connectivity index (χ1v) is 14.1. The second kappa shape index (κ2) is 11.8. The van der Waals surface area contributed by atoms with Gasteiger partial charge in [-0.25, -0.2) is 14.2 Å². The van der Waals surface area contributed by atoms with Crippen molar-refractivity contribution >= 4 is 29.4 Å². The van der Waals surface area contributed by atoms with Gasteiger partial charge in [0.2, 0.25) is 0 Å². The van der Waals surface area contributed by atoms with Crippen LogP contribution in [0.2, 0.25) is 0 Å². The molecule has 1 aromatic heterocycles. The van der Waals surface area contributed by atoms with Crippen LogP contribution in [0.25, 0.3) is 0 Å². The Hall–Kier alpha value is -4.47. The third-order valence-corrected chi connectivity index (χ3v) is 7.88. The van der Waals surface area contributed by atoms with Gasteiger partial charge >= 0.3 is 6.03 Å². The Morgan fingerprint density at radius 3 is 2.31 bits per heavy atom. The number of carbonyl (C=O) groups is 3. The van der Waals surface area contributed by atoms with Crippen LogP contribution in [0.15, 0.2) is 54.7 Å². The molecule has 2 saturated heterocycles. The summed E-state index contributed by atoms with van der Waals surface area (Å²) < 4.78 is 20.7. The highest BCUT2D eigenvalue weighted by Crippen LogP contribution is 2.32. The van der Waals surface area contributed by atoms with Crippen LogP contribution in [0.1, 0.15) is 40.9 Å². The van der Waals surface area contributed by atoms with E-state index in [9.17, 15) is 14.4 Å². The van der Waals surface area contributed by atoms with Crippen molar-refractivity contribution in [1.29, 1.82) is 0 Å². The van der Waals surface area contributed by atoms with Gasteiger partial charge in [-0.1, -0.05) is 32.0 Å². The summed E-state index contributed by atoms with van der Waals surface area (Å²) in [5, 5.41) is 0. The van der Waals surface area contributed by atoms with Gasteiger partial charge in [0.25, 0.3) is 11.8 Å². The molecule has 0 saturated carbocycles. The number of hydrogen-bond donors (Lipinski definition) is 0. The number of methoxy groups -OCH3 is 1. The summed E-state index contributed by atoms with van der Waals surface area (Å²) in [5.74, 6) is -0.124. The minimum atomic E-state index is -0.788. The second-order valence-corrected chi connectivity index (χ2v) is 11.2. The zero-order valence-corrected chi connectivity index (χ0v) is 24.6. The van der Waals surface area contributed by atoms with Gasteiger partial charge < -0.3 is 14.5 Å². The largest absolute Gasteiger partial charge is 0.497 e. The zero-order valence-electron chi connectivity index (χ0n) is 24.6. The van der Waals surface area contributed by atoms with Crippen molar-refractivity contribution in [1.82, 2.24) is 14.8 Å². The molecule has 1 atom stereocenters. The Kier molecular flexibility index (Phi) is 8.15. The first kappa shape index (κ1) is 29.0. The van der Waals surface area contributed by atoms with Gasteiger partial charge in [-0.05, 0) is 66.8 Å². The molecule has 220 valence electrons. The van der Waals surface area contributed by atoms with Crippen molar-refractivity contribution in [2.75, 3.05) is 43.1 Å². The standard InChI is InChI=1S/C32H36FN5O4/c1-20(2)28-31(40)37(19-23-6-9-25(42-5)10-7-23)32(41)38(28)24-8-11-26(27(33)17-24)30(39)36-14-12-35(13-15-36)29-22(4)16-21(3)18-34-29/h6-11,16-18,20,28H,12-15,19H2,1-5H3. The van der Waals surface area contributed by atoms with Crippen LogP contribution in [0.5, 0.6) is 5.75 Å². The number of hydrogen-bond acceptors (Lipinski definition) is 6. The van der Waals surface area contributed by atoms with E-state index in [1.807, 2.05) is 33.9 Å². The first-order valence-electron chi connectivity index (χ1n) is 14.1. The number of benzene rings is 2. The maximum absolute atomic E-state index is 15.5. The van der Waals surface area contributed by atoms with E-state index in [1.165, 1.54) is 21.9 Å². The van der Waals surface area contributed by atoms with Gasteiger partial charge in [0.1, 0.15) is 23.4 Å². The fraction of sp³-hybridized carbons (Fsp3) is 0.375. The monoisotopic (exact) mass is 573 g/mol. The number of anilines is 2. The number of carbonyl (C=O) groups excluding carboxylic acids is 3. The summed E-state index contributed by atoms with van der Waals surface area (Å²) in [4.78, 5) is 51.1. The number of rotatable bonds is 7. The molecule has 5 rings (SSSR count). The zero-order chi connectivity index (χ0) is 30.1. The molecule has 1 unspecified atom stereocenters. The van der Waals surface area contributed by atoms with E-state index in [4.69, 9.17) is 4.74 Å². The summed E-state index contributed by atoms with van der Waals surface area (Å²) in [6, 6.07) is 12.0. The number of aromatic nitrogens is 1. The van der Waals surface area contributed by atoms with Gasteiger partial charge in [0.05, 0.1) is 19.2 Å². The predicted molar refractivity (Wildman–Crippen MR) is 158 cm³/mol. The van der Waals surface area contributed by atoms with Crippen molar-refractivity contribution < 1.29 is 23.5 Å². The number of ether oxygens (including phenoxy) is 1. The van der Waals surface area contributed by atoms with Crippen molar-refractivity contribution in [3.63, 3.8) is 0 Å². The molecule has 9 nitrogen and oxygen atoms in total. The van der Waals surface area contributed by atoms with E-state index in [-0.39, 0.29) is 29.6 Å². The second-order valence-electron chi connectivity index (χ2n) is 11.2. The molecule has 2 aromatic carbocycles. The van der Waals surface area contributed by atoms with Crippen LogP contribution in [-0.4, -0.2) is 72.0 Å². The molecule has 42 heavy (non-hydrogen) atoms. The molecule has 2 aliphatic rings. The van der Waals surface area contributed by atoms with Crippen LogP contribution in [0.4, 0.5) is 20.7 Å². The third kappa shape index (κ3) is 5.53. The highest BCUT2D eigenvalue weighted by atomic mass is 19.1. The average Bonchev–Trinajstić information content (AvgIpc) is 3.22. The van der Waals surface area contributed by atoms with Crippen LogP contribution in [-0.2, 0) is 11.3 Å². The first-order chi connectivity index (χ1) is 20.1. The summed E-state index contributed by atoms with van der Waals surface area (Å²) in [5.41, 5.74) is 3.11. The van der Waals surface area contributed by atoms with E-state index in [2.05, 4.69) is 16.0 Å². The lowest BCUT2D eigenvalue weighted by Gasteiger charge is -2.36. The SMILES string of the molecule is COc1ccc(CN2C(=O)C(C(C)C)N(c3ccc(C(=O)N4CCN(c5ncc(C)cc5C)CC4)c(F)c3)C2=O)cc1. The molecule has 0 bridgehead atoms. The number of imide groups is 1. The molecule has 0 spiro atoms. The smallest absolute Gasteiger partial charge is 0.332 e. The van der Waals surface area contributed by atoms with Gasteiger partial charge in [-0.2, -0.15) is 0 Å². The van der Waals surface area contributed by atoms with Gasteiger partial charge in [-0.15, -0.1) is 0 Å². The molecule has 3 heterocycles. The van der Waals surface area contributed by atoms with E-state index in [0.29, 0.717) is 31.9 Å². The van der Waals surface area contributed by atoms with Gasteiger partial charge in [0.15, 0.2) is 0 Å². The van der Waals surface area contributed by atoms with Crippen LogP contribution < -0.4 is 14.5 Å². The lowest BCUT2D eigenvalue weighted by Crippen LogP contribution is -2.49. The average molecular weight is 574 g/mol. The number of pyridine rings is 1. The molecular weight excluding hydrogens is 537 g/mol. The summed E-state index contributed by atoms with van der Waals surface area (Å²) in [6.07, 6.45) is 1.83. The minimum Gasteiger partial charge on any atom is -0.497 e. The van der Waals surface area contributed by atoms with E-state index in [0.717, 1.165) is 22.5 Å². The molecule has 2 aliphatic heterocycles. The Balaban J connectivity index is 1.31. The summed E-state index contributed by atoms with van der Waals surface area (Å²) in [7, 11) is 1.57. The molecule has 0 radical (unpaired) electrons. The predicted octanol–water partition coefficient (Wildman–Crippen LogP) is 4.80.